The Hall–Kier alpha value is -1.59. The minimum atomic E-state index is -0.763. The third-order valence-corrected chi connectivity index (χ3v) is 15.4. The molecule has 2 atom stereocenters. The first-order valence-corrected chi connectivity index (χ1v) is 32.4. The van der Waals surface area contributed by atoms with E-state index in [9.17, 15) is 14.4 Å². The standard InChI is InChI=1S/C65H126O6/c1-5-8-10-12-14-16-18-20-22-24-25-26-28-32-36-40-44-48-52-56-63(66)69-59-62(71-65(68)58-54-50-46-42-38-34-27-23-21-19-17-15-13-11-9-6-2)60-70-64(67)57-53-49-45-41-37-33-30-29-31-35-39-43-47-51-55-61(4)7-3/h61-62H,5-60H2,1-4H3/t61?,62-/m0/s1. The number of rotatable bonds is 60. The van der Waals surface area contributed by atoms with Crippen LogP contribution < -0.4 is 0 Å². The molecule has 0 aromatic carbocycles. The van der Waals surface area contributed by atoms with E-state index in [4.69, 9.17) is 14.2 Å². The van der Waals surface area contributed by atoms with E-state index in [-0.39, 0.29) is 31.1 Å². The van der Waals surface area contributed by atoms with Gasteiger partial charge in [-0.25, -0.2) is 0 Å². The molecule has 0 aliphatic carbocycles. The molecule has 0 aromatic rings. The average molecular weight is 1000 g/mol. The molecule has 0 radical (unpaired) electrons. The molecule has 0 N–H and O–H groups in total. The van der Waals surface area contributed by atoms with Gasteiger partial charge in [0.1, 0.15) is 13.2 Å². The molecule has 0 bridgehead atoms. The minimum absolute atomic E-state index is 0.0611. The summed E-state index contributed by atoms with van der Waals surface area (Å²) in [5.74, 6) is 0.0693. The van der Waals surface area contributed by atoms with Crippen molar-refractivity contribution in [3.63, 3.8) is 0 Å². The number of ether oxygens (including phenoxy) is 3. The number of hydrogen-bond acceptors (Lipinski definition) is 6. The third kappa shape index (κ3) is 57.5. The number of unbranched alkanes of at least 4 members (excludes halogenated alkanes) is 46. The van der Waals surface area contributed by atoms with Crippen LogP contribution >= 0.6 is 0 Å². The molecule has 0 rings (SSSR count). The Morgan fingerprint density at radius 1 is 0.282 bits per heavy atom. The lowest BCUT2D eigenvalue weighted by molar-refractivity contribution is -0.167. The summed E-state index contributed by atoms with van der Waals surface area (Å²) in [6.45, 7) is 9.13. The highest BCUT2D eigenvalue weighted by Gasteiger charge is 2.19. The Morgan fingerprint density at radius 2 is 0.493 bits per heavy atom. The van der Waals surface area contributed by atoms with Crippen LogP contribution in [-0.4, -0.2) is 37.2 Å². The van der Waals surface area contributed by atoms with Crippen LogP contribution in [-0.2, 0) is 28.6 Å². The van der Waals surface area contributed by atoms with E-state index in [0.29, 0.717) is 19.3 Å². The third-order valence-electron chi connectivity index (χ3n) is 15.4. The van der Waals surface area contributed by atoms with E-state index in [1.165, 1.54) is 270 Å². The summed E-state index contributed by atoms with van der Waals surface area (Å²) in [7, 11) is 0. The Bertz CT molecular complexity index is 1080. The summed E-state index contributed by atoms with van der Waals surface area (Å²) in [5, 5.41) is 0. The molecule has 6 nitrogen and oxygen atoms in total. The largest absolute Gasteiger partial charge is 0.462 e. The summed E-state index contributed by atoms with van der Waals surface area (Å²) < 4.78 is 17.0. The highest BCUT2D eigenvalue weighted by molar-refractivity contribution is 5.71. The zero-order valence-corrected chi connectivity index (χ0v) is 48.7. The van der Waals surface area contributed by atoms with Crippen LogP contribution in [0.15, 0.2) is 0 Å². The van der Waals surface area contributed by atoms with Crippen molar-refractivity contribution in [1.29, 1.82) is 0 Å². The Kier molecular flexibility index (Phi) is 58.0. The van der Waals surface area contributed by atoms with E-state index in [0.717, 1.165) is 63.7 Å². The monoisotopic (exact) mass is 1000 g/mol. The van der Waals surface area contributed by atoms with Crippen LogP contribution in [0.1, 0.15) is 374 Å². The second kappa shape index (κ2) is 59.3. The zero-order chi connectivity index (χ0) is 51.6. The fraction of sp³-hybridized carbons (Fsp3) is 0.954. The van der Waals surface area contributed by atoms with Crippen molar-refractivity contribution in [1.82, 2.24) is 0 Å². The molecule has 0 fully saturated rings. The van der Waals surface area contributed by atoms with Crippen LogP contribution in [0.2, 0.25) is 0 Å². The molecule has 0 amide bonds. The summed E-state index contributed by atoms with van der Waals surface area (Å²) in [4.78, 5) is 38.3. The number of hydrogen-bond donors (Lipinski definition) is 0. The Labute approximate surface area is 444 Å². The van der Waals surface area contributed by atoms with Crippen LogP contribution in [0.3, 0.4) is 0 Å². The molecule has 0 saturated heterocycles. The van der Waals surface area contributed by atoms with Gasteiger partial charge in [0.15, 0.2) is 6.10 Å². The molecule has 422 valence electrons. The lowest BCUT2D eigenvalue weighted by Gasteiger charge is -2.18. The average Bonchev–Trinajstić information content (AvgIpc) is 3.37. The highest BCUT2D eigenvalue weighted by atomic mass is 16.6. The molecule has 71 heavy (non-hydrogen) atoms. The lowest BCUT2D eigenvalue weighted by Crippen LogP contribution is -2.30. The highest BCUT2D eigenvalue weighted by Crippen LogP contribution is 2.19. The summed E-state index contributed by atoms with van der Waals surface area (Å²) in [6.07, 6.45) is 66.7. The molecule has 6 heteroatoms. The predicted octanol–water partition coefficient (Wildman–Crippen LogP) is 21.7. The van der Waals surface area contributed by atoms with Gasteiger partial charge in [-0.3, -0.25) is 14.4 Å². The maximum absolute atomic E-state index is 12.9. The molecule has 0 saturated carbocycles. The van der Waals surface area contributed by atoms with Gasteiger partial charge in [-0.05, 0) is 25.2 Å². The van der Waals surface area contributed by atoms with Crippen LogP contribution in [0.5, 0.6) is 0 Å². The number of carbonyl (C=O) groups is 3. The van der Waals surface area contributed by atoms with Crippen LogP contribution in [0.25, 0.3) is 0 Å². The first-order chi connectivity index (χ1) is 34.9. The van der Waals surface area contributed by atoms with Gasteiger partial charge in [-0.1, -0.05) is 336 Å². The quantitative estimate of drug-likeness (QED) is 0.0343. The van der Waals surface area contributed by atoms with E-state index >= 15 is 0 Å². The van der Waals surface area contributed by atoms with Crippen molar-refractivity contribution < 1.29 is 28.6 Å². The zero-order valence-electron chi connectivity index (χ0n) is 48.7. The fourth-order valence-corrected chi connectivity index (χ4v) is 10.1. The molecule has 0 aliphatic rings. The Morgan fingerprint density at radius 3 is 0.732 bits per heavy atom. The van der Waals surface area contributed by atoms with Crippen molar-refractivity contribution in [3.05, 3.63) is 0 Å². The molecular formula is C65H126O6. The summed E-state index contributed by atoms with van der Waals surface area (Å²) >= 11 is 0. The maximum atomic E-state index is 12.9. The molecule has 0 aliphatic heterocycles. The molecular weight excluding hydrogens is 877 g/mol. The van der Waals surface area contributed by atoms with Crippen LogP contribution in [0, 0.1) is 5.92 Å². The van der Waals surface area contributed by atoms with Gasteiger partial charge in [-0.2, -0.15) is 0 Å². The van der Waals surface area contributed by atoms with Gasteiger partial charge >= 0.3 is 17.9 Å². The molecule has 0 heterocycles. The SMILES string of the molecule is CCCCCCCCCCCCCCCCCCCCCC(=O)OC[C@@H](COC(=O)CCCCCCCCCCCCCCCCC(C)CC)OC(=O)CCCCCCCCCCCCCCCCCC. The van der Waals surface area contributed by atoms with Gasteiger partial charge in [0.05, 0.1) is 0 Å². The number of carbonyl (C=O) groups excluding carboxylic acids is 3. The van der Waals surface area contributed by atoms with E-state index in [2.05, 4.69) is 27.7 Å². The summed E-state index contributed by atoms with van der Waals surface area (Å²) in [5.41, 5.74) is 0. The van der Waals surface area contributed by atoms with Crippen molar-refractivity contribution in [2.45, 2.75) is 381 Å². The smallest absolute Gasteiger partial charge is 0.306 e. The van der Waals surface area contributed by atoms with E-state index < -0.39 is 6.10 Å². The number of esters is 3. The van der Waals surface area contributed by atoms with Crippen LogP contribution in [0.4, 0.5) is 0 Å². The first kappa shape index (κ1) is 69.4. The van der Waals surface area contributed by atoms with Crippen molar-refractivity contribution in [2.24, 2.45) is 5.92 Å². The second-order valence-electron chi connectivity index (χ2n) is 22.6. The van der Waals surface area contributed by atoms with Gasteiger partial charge in [0.25, 0.3) is 0 Å². The van der Waals surface area contributed by atoms with Gasteiger partial charge in [-0.15, -0.1) is 0 Å². The van der Waals surface area contributed by atoms with Gasteiger partial charge in [0, 0.05) is 19.3 Å². The molecule has 0 aromatic heterocycles. The fourth-order valence-electron chi connectivity index (χ4n) is 10.1. The predicted molar refractivity (Wildman–Crippen MR) is 307 cm³/mol. The second-order valence-corrected chi connectivity index (χ2v) is 22.6. The molecule has 1 unspecified atom stereocenters. The first-order valence-electron chi connectivity index (χ1n) is 32.4. The van der Waals surface area contributed by atoms with Crippen molar-refractivity contribution in [3.8, 4) is 0 Å². The lowest BCUT2D eigenvalue weighted by atomic mass is 9.99. The van der Waals surface area contributed by atoms with Crippen molar-refractivity contribution >= 4 is 17.9 Å². The van der Waals surface area contributed by atoms with Gasteiger partial charge < -0.3 is 14.2 Å². The van der Waals surface area contributed by atoms with E-state index in [1.54, 1.807) is 0 Å². The van der Waals surface area contributed by atoms with E-state index in [1.807, 2.05) is 0 Å². The minimum Gasteiger partial charge on any atom is -0.462 e. The topological polar surface area (TPSA) is 78.9 Å². The van der Waals surface area contributed by atoms with Crippen molar-refractivity contribution in [2.75, 3.05) is 13.2 Å². The maximum Gasteiger partial charge on any atom is 0.306 e. The Balaban J connectivity index is 4.28. The normalized spacial score (nSPS) is 12.3. The molecule has 0 spiro atoms. The van der Waals surface area contributed by atoms with Gasteiger partial charge in [0.2, 0.25) is 0 Å². The summed E-state index contributed by atoms with van der Waals surface area (Å²) in [6, 6.07) is 0.